The summed E-state index contributed by atoms with van der Waals surface area (Å²) in [5, 5.41) is 0.872. The van der Waals surface area contributed by atoms with Crippen LogP contribution >= 0.6 is 0 Å². The molecule has 1 aromatic heterocycles. The summed E-state index contributed by atoms with van der Waals surface area (Å²) >= 11 is 0. The Hall–Kier alpha value is -3.77. The van der Waals surface area contributed by atoms with E-state index in [0.717, 1.165) is 44.9 Å². The van der Waals surface area contributed by atoms with Crippen LogP contribution in [0.5, 0.6) is 17.2 Å². The molecule has 6 nitrogen and oxygen atoms in total. The second kappa shape index (κ2) is 8.40. The normalized spacial score (nSPS) is 13.4. The highest BCUT2D eigenvalue weighted by Crippen LogP contribution is 2.37. The minimum atomic E-state index is -0.390. The standard InChI is InChI=1S/C26H23NO5/c1-29-19-9-7-17(8-10-19)21-13-25(28)32-26-20(21)11-12-24-22(26)15-27(16-31-24)14-18-5-3-4-6-23(18)30-2/h3-13H,14-16H2,1-2H3. The van der Waals surface area contributed by atoms with Gasteiger partial charge in [-0.1, -0.05) is 30.3 Å². The Bertz CT molecular complexity index is 1330. The lowest BCUT2D eigenvalue weighted by Gasteiger charge is -2.29. The largest absolute Gasteiger partial charge is 0.497 e. The number of para-hydroxylation sites is 1. The Morgan fingerprint density at radius 1 is 0.969 bits per heavy atom. The van der Waals surface area contributed by atoms with Crippen molar-refractivity contribution in [3.8, 4) is 28.4 Å². The number of benzene rings is 3. The molecule has 162 valence electrons. The SMILES string of the molecule is COc1ccc(-c2cc(=O)oc3c4c(ccc23)OCN(Cc2ccccc2OC)C4)cc1. The van der Waals surface area contributed by atoms with Crippen LogP contribution in [0.4, 0.5) is 0 Å². The van der Waals surface area contributed by atoms with Crippen molar-refractivity contribution in [1.29, 1.82) is 0 Å². The molecule has 3 aromatic carbocycles. The molecular weight excluding hydrogens is 406 g/mol. The molecule has 0 saturated heterocycles. The molecule has 0 radical (unpaired) electrons. The van der Waals surface area contributed by atoms with Crippen molar-refractivity contribution < 1.29 is 18.6 Å². The molecule has 0 N–H and O–H groups in total. The van der Waals surface area contributed by atoms with Crippen molar-refractivity contribution in [2.75, 3.05) is 21.0 Å². The lowest BCUT2D eigenvalue weighted by molar-refractivity contribution is 0.0882. The zero-order chi connectivity index (χ0) is 22.1. The van der Waals surface area contributed by atoms with E-state index in [9.17, 15) is 4.79 Å². The molecule has 6 heteroatoms. The number of rotatable bonds is 5. The van der Waals surface area contributed by atoms with E-state index >= 15 is 0 Å². The first-order chi connectivity index (χ1) is 15.7. The maximum Gasteiger partial charge on any atom is 0.336 e. The number of hydrogen-bond donors (Lipinski definition) is 0. The molecule has 0 spiro atoms. The smallest absolute Gasteiger partial charge is 0.336 e. The molecule has 0 unspecified atom stereocenters. The first-order valence-corrected chi connectivity index (χ1v) is 10.4. The zero-order valence-corrected chi connectivity index (χ0v) is 18.0. The summed E-state index contributed by atoms with van der Waals surface area (Å²) in [5.74, 6) is 2.34. The van der Waals surface area contributed by atoms with E-state index < -0.39 is 5.63 Å². The van der Waals surface area contributed by atoms with Crippen LogP contribution in [0.15, 0.2) is 75.9 Å². The fraction of sp³-hybridized carbons (Fsp3) is 0.192. The van der Waals surface area contributed by atoms with Gasteiger partial charge in [-0.2, -0.15) is 0 Å². The van der Waals surface area contributed by atoms with Crippen LogP contribution in [0.25, 0.3) is 22.1 Å². The minimum Gasteiger partial charge on any atom is -0.497 e. The van der Waals surface area contributed by atoms with E-state index in [4.69, 9.17) is 18.6 Å². The van der Waals surface area contributed by atoms with Gasteiger partial charge in [-0.15, -0.1) is 0 Å². The molecule has 0 saturated carbocycles. The van der Waals surface area contributed by atoms with E-state index in [1.165, 1.54) is 6.07 Å². The van der Waals surface area contributed by atoms with E-state index in [0.29, 0.717) is 25.4 Å². The monoisotopic (exact) mass is 429 g/mol. The quantitative estimate of drug-likeness (QED) is 0.424. The van der Waals surface area contributed by atoms with Crippen molar-refractivity contribution >= 4 is 11.0 Å². The predicted octanol–water partition coefficient (Wildman–Crippen LogP) is 4.83. The van der Waals surface area contributed by atoms with E-state index in [1.54, 1.807) is 14.2 Å². The first-order valence-electron chi connectivity index (χ1n) is 10.4. The van der Waals surface area contributed by atoms with Crippen molar-refractivity contribution in [3.63, 3.8) is 0 Å². The molecule has 0 aliphatic carbocycles. The molecule has 2 heterocycles. The van der Waals surface area contributed by atoms with Gasteiger partial charge < -0.3 is 18.6 Å². The Labute approximate surface area is 185 Å². The van der Waals surface area contributed by atoms with Gasteiger partial charge in [0.1, 0.15) is 29.6 Å². The fourth-order valence-electron chi connectivity index (χ4n) is 4.16. The van der Waals surface area contributed by atoms with Crippen LogP contribution < -0.4 is 19.8 Å². The van der Waals surface area contributed by atoms with Gasteiger partial charge in [0.05, 0.1) is 19.8 Å². The molecule has 0 amide bonds. The predicted molar refractivity (Wildman–Crippen MR) is 122 cm³/mol. The highest BCUT2D eigenvalue weighted by Gasteiger charge is 2.23. The Balaban J connectivity index is 1.55. The van der Waals surface area contributed by atoms with Crippen LogP contribution in [0.1, 0.15) is 11.1 Å². The number of methoxy groups -OCH3 is 2. The van der Waals surface area contributed by atoms with Crippen LogP contribution in [0, 0.1) is 0 Å². The van der Waals surface area contributed by atoms with Crippen LogP contribution in [-0.4, -0.2) is 25.9 Å². The third kappa shape index (κ3) is 3.69. The van der Waals surface area contributed by atoms with Gasteiger partial charge in [-0.25, -0.2) is 4.79 Å². The summed E-state index contributed by atoms with van der Waals surface area (Å²) in [6.45, 7) is 1.70. The molecule has 4 aromatic rings. The minimum absolute atomic E-state index is 0.390. The number of nitrogens with zero attached hydrogens (tertiary/aromatic N) is 1. The van der Waals surface area contributed by atoms with Gasteiger partial charge in [0.15, 0.2) is 0 Å². The molecule has 1 aliphatic rings. The average Bonchev–Trinajstić information content (AvgIpc) is 2.84. The maximum absolute atomic E-state index is 12.5. The number of fused-ring (bicyclic) bond motifs is 3. The molecule has 32 heavy (non-hydrogen) atoms. The lowest BCUT2D eigenvalue weighted by atomic mass is 9.99. The topological polar surface area (TPSA) is 61.1 Å². The lowest BCUT2D eigenvalue weighted by Crippen LogP contribution is -2.31. The Morgan fingerprint density at radius 2 is 1.78 bits per heavy atom. The summed E-state index contributed by atoms with van der Waals surface area (Å²) in [6.07, 6.45) is 0. The fourth-order valence-corrected chi connectivity index (χ4v) is 4.16. The molecule has 1 aliphatic heterocycles. The second-order valence-electron chi connectivity index (χ2n) is 7.70. The van der Waals surface area contributed by atoms with Gasteiger partial charge >= 0.3 is 5.63 Å². The first kappa shape index (κ1) is 20.2. The van der Waals surface area contributed by atoms with Gasteiger partial charge in [0, 0.05) is 30.1 Å². The summed E-state index contributed by atoms with van der Waals surface area (Å²) in [6, 6.07) is 21.0. The van der Waals surface area contributed by atoms with Crippen molar-refractivity contribution in [2.45, 2.75) is 13.1 Å². The van der Waals surface area contributed by atoms with Crippen molar-refractivity contribution in [2.24, 2.45) is 0 Å². The van der Waals surface area contributed by atoms with Crippen LogP contribution in [0.2, 0.25) is 0 Å². The van der Waals surface area contributed by atoms with E-state index in [1.807, 2.05) is 60.7 Å². The zero-order valence-electron chi connectivity index (χ0n) is 18.0. The van der Waals surface area contributed by atoms with Gasteiger partial charge in [-0.3, -0.25) is 4.90 Å². The third-order valence-electron chi connectivity index (χ3n) is 5.74. The molecule has 0 bridgehead atoms. The van der Waals surface area contributed by atoms with Gasteiger partial charge in [0.2, 0.25) is 0 Å². The van der Waals surface area contributed by atoms with Gasteiger partial charge in [-0.05, 0) is 41.5 Å². The molecule has 0 fully saturated rings. The third-order valence-corrected chi connectivity index (χ3v) is 5.74. The highest BCUT2D eigenvalue weighted by atomic mass is 16.5. The van der Waals surface area contributed by atoms with Crippen molar-refractivity contribution in [3.05, 3.63) is 88.3 Å². The Kier molecular flexibility index (Phi) is 5.29. The van der Waals surface area contributed by atoms with Gasteiger partial charge in [0.25, 0.3) is 0 Å². The average molecular weight is 429 g/mol. The summed E-state index contributed by atoms with van der Waals surface area (Å²) in [4.78, 5) is 14.6. The highest BCUT2D eigenvalue weighted by molar-refractivity contribution is 5.95. The summed E-state index contributed by atoms with van der Waals surface area (Å²) < 4.78 is 22.5. The summed E-state index contributed by atoms with van der Waals surface area (Å²) in [7, 11) is 3.30. The maximum atomic E-state index is 12.5. The van der Waals surface area contributed by atoms with Crippen molar-refractivity contribution in [1.82, 2.24) is 4.90 Å². The van der Waals surface area contributed by atoms with E-state index in [2.05, 4.69) is 4.90 Å². The Morgan fingerprint density at radius 3 is 2.56 bits per heavy atom. The van der Waals surface area contributed by atoms with Crippen LogP contribution in [-0.2, 0) is 13.1 Å². The number of hydrogen-bond acceptors (Lipinski definition) is 6. The molecule has 5 rings (SSSR count). The van der Waals surface area contributed by atoms with Crippen LogP contribution in [0.3, 0.4) is 0 Å². The van der Waals surface area contributed by atoms with E-state index in [-0.39, 0.29) is 0 Å². The molecular formula is C26H23NO5. The summed E-state index contributed by atoms with van der Waals surface area (Å²) in [5.41, 5.74) is 3.86. The molecule has 0 atom stereocenters. The second-order valence-corrected chi connectivity index (χ2v) is 7.70. The number of ether oxygens (including phenoxy) is 3.